The van der Waals surface area contributed by atoms with Crippen LogP contribution in [0.4, 0.5) is 0 Å². The van der Waals surface area contributed by atoms with Gasteiger partial charge in [0.15, 0.2) is 0 Å². The molecule has 1 heteroatoms. The Bertz CT molecular complexity index is 210. The van der Waals surface area contributed by atoms with Crippen LogP contribution >= 0.6 is 0 Å². The van der Waals surface area contributed by atoms with E-state index in [4.69, 9.17) is 0 Å². The number of aldehydes is 1. The average Bonchev–Trinajstić information content (AvgIpc) is 2.01. The monoisotopic (exact) mass is 179 g/mol. The second-order valence-electron chi connectivity index (χ2n) is 5.02. The molecule has 0 bridgehead atoms. The fraction of sp³-hybridized carbons (Fsp3) is 0.667. The van der Waals surface area contributed by atoms with Gasteiger partial charge < -0.3 is 4.79 Å². The van der Waals surface area contributed by atoms with Crippen molar-refractivity contribution in [3.05, 3.63) is 18.1 Å². The van der Waals surface area contributed by atoms with Crippen molar-refractivity contribution in [3.63, 3.8) is 0 Å². The van der Waals surface area contributed by atoms with Gasteiger partial charge in [-0.1, -0.05) is 39.8 Å². The summed E-state index contributed by atoms with van der Waals surface area (Å²) >= 11 is 0. The van der Waals surface area contributed by atoms with E-state index in [0.717, 1.165) is 12.7 Å². The predicted molar refractivity (Wildman–Crippen MR) is 55.2 cm³/mol. The van der Waals surface area contributed by atoms with Crippen molar-refractivity contribution in [1.29, 1.82) is 0 Å². The van der Waals surface area contributed by atoms with Crippen molar-refractivity contribution in [1.82, 2.24) is 0 Å². The highest BCUT2D eigenvalue weighted by atomic mass is 16.1. The van der Waals surface area contributed by atoms with Gasteiger partial charge in [-0.2, -0.15) is 0 Å². The summed E-state index contributed by atoms with van der Waals surface area (Å²) in [5.74, 6) is 1.96. The number of rotatable bonds is 1. The third kappa shape index (κ3) is 2.43. The van der Waals surface area contributed by atoms with Gasteiger partial charge in [-0.15, -0.1) is 0 Å². The van der Waals surface area contributed by atoms with Crippen molar-refractivity contribution in [2.75, 3.05) is 0 Å². The summed E-state index contributed by atoms with van der Waals surface area (Å²) < 4.78 is 0. The van der Waals surface area contributed by atoms with Gasteiger partial charge in [0.05, 0.1) is 0 Å². The number of hydrogen-bond donors (Lipinski definition) is 0. The molecule has 73 valence electrons. The van der Waals surface area contributed by atoms with E-state index in [0.29, 0.717) is 5.92 Å². The van der Waals surface area contributed by atoms with E-state index >= 15 is 0 Å². The minimum Gasteiger partial charge on any atom is -0.303 e. The maximum absolute atomic E-state index is 10.9. The van der Waals surface area contributed by atoms with Crippen molar-refractivity contribution in [2.45, 2.75) is 34.1 Å². The summed E-state index contributed by atoms with van der Waals surface area (Å²) in [6.07, 6.45) is 6.43. The largest absolute Gasteiger partial charge is 0.303 e. The smallest absolute Gasteiger partial charge is 0.124 e. The van der Waals surface area contributed by atoms with Crippen molar-refractivity contribution in [3.8, 4) is 0 Å². The van der Waals surface area contributed by atoms with Crippen LogP contribution in [0.15, 0.2) is 12.2 Å². The Morgan fingerprint density at radius 1 is 1.46 bits per heavy atom. The van der Waals surface area contributed by atoms with Gasteiger partial charge in [0.2, 0.25) is 0 Å². The standard InChI is InChI=1S/C12H19O/c1-9-5-6-11(12(2,3)4)10(7-9)8-13/h5-6,8-10H,7H2,1-4H3. The molecule has 2 unspecified atom stereocenters. The molecule has 0 aromatic carbocycles. The summed E-state index contributed by atoms with van der Waals surface area (Å²) in [5, 5.41) is 0. The summed E-state index contributed by atoms with van der Waals surface area (Å²) in [6.45, 7) is 8.66. The molecule has 1 aliphatic carbocycles. The van der Waals surface area contributed by atoms with Gasteiger partial charge in [-0.3, -0.25) is 0 Å². The molecule has 1 rings (SSSR count). The average molecular weight is 179 g/mol. The van der Waals surface area contributed by atoms with Gasteiger partial charge in [0, 0.05) is 11.8 Å². The van der Waals surface area contributed by atoms with Gasteiger partial charge in [-0.25, -0.2) is 0 Å². The number of carbonyl (C=O) groups excluding carboxylic acids is 1. The maximum Gasteiger partial charge on any atom is 0.124 e. The molecule has 0 aliphatic heterocycles. The van der Waals surface area contributed by atoms with E-state index in [9.17, 15) is 4.79 Å². The second kappa shape index (κ2) is 3.65. The van der Waals surface area contributed by atoms with Crippen LogP contribution in [0, 0.1) is 23.2 Å². The number of hydrogen-bond acceptors (Lipinski definition) is 1. The topological polar surface area (TPSA) is 17.1 Å². The van der Waals surface area contributed by atoms with E-state index < -0.39 is 0 Å². The molecule has 2 atom stereocenters. The van der Waals surface area contributed by atoms with E-state index in [1.807, 2.05) is 0 Å². The Kier molecular flexibility index (Phi) is 2.94. The summed E-state index contributed by atoms with van der Waals surface area (Å²) in [6, 6.07) is 0. The molecule has 0 saturated carbocycles. The molecule has 0 fully saturated rings. The minimum atomic E-state index is 0.127. The zero-order chi connectivity index (χ0) is 10.1. The van der Waals surface area contributed by atoms with Crippen molar-refractivity contribution >= 4 is 6.29 Å². The van der Waals surface area contributed by atoms with Crippen LogP contribution in [0.1, 0.15) is 34.1 Å². The third-order valence-electron chi connectivity index (χ3n) is 2.66. The predicted octanol–water partition coefficient (Wildman–Crippen LogP) is 3.02. The molecule has 13 heavy (non-hydrogen) atoms. The van der Waals surface area contributed by atoms with Crippen LogP contribution in [0.2, 0.25) is 0 Å². The number of allylic oxidation sites excluding steroid dienone is 2. The van der Waals surface area contributed by atoms with Gasteiger partial charge in [-0.05, 0) is 17.8 Å². The number of carbonyl (C=O) groups is 1. The lowest BCUT2D eigenvalue weighted by atomic mass is 9.68. The molecule has 0 aromatic heterocycles. The maximum atomic E-state index is 10.9. The summed E-state index contributed by atoms with van der Waals surface area (Å²) in [5.41, 5.74) is 0.127. The zero-order valence-electron chi connectivity index (χ0n) is 9.00. The van der Waals surface area contributed by atoms with Gasteiger partial charge in [0.25, 0.3) is 0 Å². The Morgan fingerprint density at radius 2 is 2.08 bits per heavy atom. The van der Waals surface area contributed by atoms with Crippen LogP contribution in [0.3, 0.4) is 0 Å². The normalized spacial score (nSPS) is 30.5. The Balaban J connectivity index is 2.83. The fourth-order valence-corrected chi connectivity index (χ4v) is 1.93. The van der Waals surface area contributed by atoms with Gasteiger partial charge in [0.1, 0.15) is 6.29 Å². The highest BCUT2D eigenvalue weighted by Gasteiger charge is 2.33. The van der Waals surface area contributed by atoms with E-state index in [2.05, 4.69) is 39.8 Å². The fourth-order valence-electron chi connectivity index (χ4n) is 1.93. The molecule has 0 aromatic rings. The minimum absolute atomic E-state index is 0.127. The SMILES string of the molecule is CC1C=C[C](C(C)(C)C)C(C=O)C1. The lowest BCUT2D eigenvalue weighted by molar-refractivity contribution is -0.111. The Hall–Kier alpha value is -0.590. The molecular formula is C12H19O. The quantitative estimate of drug-likeness (QED) is 0.565. The van der Waals surface area contributed by atoms with Crippen LogP contribution < -0.4 is 0 Å². The van der Waals surface area contributed by atoms with E-state index in [1.54, 1.807) is 0 Å². The first kappa shape index (κ1) is 10.5. The first-order valence-electron chi connectivity index (χ1n) is 4.96. The van der Waals surface area contributed by atoms with Crippen molar-refractivity contribution in [2.24, 2.45) is 17.3 Å². The lowest BCUT2D eigenvalue weighted by Gasteiger charge is -2.35. The molecule has 1 nitrogen and oxygen atoms in total. The van der Waals surface area contributed by atoms with Crippen LogP contribution in [-0.4, -0.2) is 6.29 Å². The molecule has 0 amide bonds. The van der Waals surface area contributed by atoms with Crippen LogP contribution in [-0.2, 0) is 4.79 Å². The molecule has 0 N–H and O–H groups in total. The Morgan fingerprint density at radius 3 is 2.54 bits per heavy atom. The van der Waals surface area contributed by atoms with E-state index in [-0.39, 0.29) is 11.3 Å². The first-order chi connectivity index (χ1) is 5.95. The molecule has 1 radical (unpaired) electrons. The van der Waals surface area contributed by atoms with Crippen LogP contribution in [0.25, 0.3) is 0 Å². The van der Waals surface area contributed by atoms with Crippen molar-refractivity contribution < 1.29 is 4.79 Å². The van der Waals surface area contributed by atoms with E-state index in [1.165, 1.54) is 5.92 Å². The second-order valence-corrected chi connectivity index (χ2v) is 5.02. The summed E-state index contributed by atoms with van der Waals surface area (Å²) in [7, 11) is 0. The summed E-state index contributed by atoms with van der Waals surface area (Å²) in [4.78, 5) is 10.9. The highest BCUT2D eigenvalue weighted by Crippen LogP contribution is 2.40. The first-order valence-corrected chi connectivity index (χ1v) is 4.96. The molecule has 1 aliphatic rings. The Labute approximate surface area is 81.2 Å². The molecule has 0 saturated heterocycles. The van der Waals surface area contributed by atoms with Gasteiger partial charge >= 0.3 is 0 Å². The molecule has 0 heterocycles. The zero-order valence-corrected chi connectivity index (χ0v) is 9.00. The molecule has 0 spiro atoms. The van der Waals surface area contributed by atoms with Crippen LogP contribution in [0.5, 0.6) is 0 Å². The highest BCUT2D eigenvalue weighted by molar-refractivity contribution is 5.60. The lowest BCUT2D eigenvalue weighted by Crippen LogP contribution is -2.29. The third-order valence-corrected chi connectivity index (χ3v) is 2.66. The molecular weight excluding hydrogens is 160 g/mol.